The first kappa shape index (κ1) is 23.0. The lowest BCUT2D eigenvalue weighted by molar-refractivity contribution is 0.187. The number of unbranched alkanes of at least 4 members (excludes halogenated alkanes) is 3. The number of nitrogens with zero attached hydrogens (tertiary/aromatic N) is 2. The van der Waals surface area contributed by atoms with Gasteiger partial charge in [-0.05, 0) is 37.8 Å². The molecular formula is C20H34IN3O2. The summed E-state index contributed by atoms with van der Waals surface area (Å²) >= 11 is 0. The Labute approximate surface area is 175 Å². The zero-order chi connectivity index (χ0) is 17.7. The molecule has 2 rings (SSSR count). The second-order valence-electron chi connectivity index (χ2n) is 6.71. The third-order valence-corrected chi connectivity index (χ3v) is 4.52. The van der Waals surface area contributed by atoms with Crippen LogP contribution in [0.4, 0.5) is 0 Å². The molecule has 1 atom stereocenters. The molecule has 0 aromatic carbocycles. The number of hydrogen-bond acceptors (Lipinski definition) is 3. The van der Waals surface area contributed by atoms with E-state index < -0.39 is 0 Å². The van der Waals surface area contributed by atoms with Crippen molar-refractivity contribution in [3.8, 4) is 0 Å². The Morgan fingerprint density at radius 1 is 1.42 bits per heavy atom. The van der Waals surface area contributed by atoms with Gasteiger partial charge in [-0.2, -0.15) is 0 Å². The van der Waals surface area contributed by atoms with Crippen molar-refractivity contribution in [3.63, 3.8) is 0 Å². The predicted molar refractivity (Wildman–Crippen MR) is 118 cm³/mol. The van der Waals surface area contributed by atoms with Crippen molar-refractivity contribution in [1.82, 2.24) is 10.2 Å². The molecule has 0 aliphatic carbocycles. The highest BCUT2D eigenvalue weighted by molar-refractivity contribution is 14.0. The maximum atomic E-state index is 5.46. The number of aliphatic imine (C=N–C) groups is 1. The largest absolute Gasteiger partial charge is 0.469 e. The molecule has 26 heavy (non-hydrogen) atoms. The first-order chi connectivity index (χ1) is 12.3. The summed E-state index contributed by atoms with van der Waals surface area (Å²) in [4.78, 5) is 7.09. The number of hydrogen-bond donors (Lipinski definition) is 1. The molecule has 1 saturated heterocycles. The Kier molecular flexibility index (Phi) is 12.5. The van der Waals surface area contributed by atoms with Gasteiger partial charge >= 0.3 is 0 Å². The summed E-state index contributed by atoms with van der Waals surface area (Å²) < 4.78 is 10.9. The van der Waals surface area contributed by atoms with Gasteiger partial charge < -0.3 is 19.4 Å². The van der Waals surface area contributed by atoms with E-state index >= 15 is 0 Å². The summed E-state index contributed by atoms with van der Waals surface area (Å²) in [6, 6.07) is 3.94. The molecule has 5 nitrogen and oxygen atoms in total. The molecule has 1 unspecified atom stereocenters. The van der Waals surface area contributed by atoms with Gasteiger partial charge in [0.2, 0.25) is 0 Å². The van der Waals surface area contributed by atoms with E-state index in [0.29, 0.717) is 5.92 Å². The molecule has 1 aromatic heterocycles. The van der Waals surface area contributed by atoms with Crippen molar-refractivity contribution in [2.24, 2.45) is 10.9 Å². The van der Waals surface area contributed by atoms with Crippen LogP contribution in [0.25, 0.3) is 0 Å². The van der Waals surface area contributed by atoms with Crippen LogP contribution >= 0.6 is 24.0 Å². The number of ether oxygens (including phenoxy) is 1. The molecule has 0 bridgehead atoms. The maximum absolute atomic E-state index is 5.46. The van der Waals surface area contributed by atoms with Gasteiger partial charge in [0.15, 0.2) is 5.96 Å². The molecule has 148 valence electrons. The van der Waals surface area contributed by atoms with Crippen LogP contribution in [0.3, 0.4) is 0 Å². The van der Waals surface area contributed by atoms with Gasteiger partial charge in [-0.25, -0.2) is 0 Å². The van der Waals surface area contributed by atoms with Crippen LogP contribution in [0.2, 0.25) is 0 Å². The van der Waals surface area contributed by atoms with E-state index in [2.05, 4.69) is 23.8 Å². The highest BCUT2D eigenvalue weighted by atomic mass is 127. The number of rotatable bonds is 11. The fourth-order valence-corrected chi connectivity index (χ4v) is 2.93. The topological polar surface area (TPSA) is 50.0 Å². The smallest absolute Gasteiger partial charge is 0.193 e. The van der Waals surface area contributed by atoms with E-state index in [9.17, 15) is 0 Å². The first-order valence-corrected chi connectivity index (χ1v) is 9.50. The van der Waals surface area contributed by atoms with E-state index in [0.717, 1.165) is 63.8 Å². The Bertz CT molecular complexity index is 499. The van der Waals surface area contributed by atoms with E-state index in [1.807, 2.05) is 18.2 Å². The highest BCUT2D eigenvalue weighted by Gasteiger charge is 2.16. The number of nitrogens with one attached hydrogen (secondary N) is 1. The summed E-state index contributed by atoms with van der Waals surface area (Å²) in [5, 5.41) is 3.49. The monoisotopic (exact) mass is 475 g/mol. The van der Waals surface area contributed by atoms with E-state index in [1.54, 1.807) is 6.26 Å². The van der Waals surface area contributed by atoms with Crippen LogP contribution in [0, 0.1) is 5.92 Å². The van der Waals surface area contributed by atoms with Crippen LogP contribution in [0.5, 0.6) is 0 Å². The van der Waals surface area contributed by atoms with Crippen LogP contribution < -0.4 is 5.32 Å². The fourth-order valence-electron chi connectivity index (χ4n) is 2.93. The molecule has 1 fully saturated rings. The van der Waals surface area contributed by atoms with Crippen LogP contribution in [-0.4, -0.2) is 50.8 Å². The maximum Gasteiger partial charge on any atom is 0.193 e. The third-order valence-electron chi connectivity index (χ3n) is 4.52. The second-order valence-corrected chi connectivity index (χ2v) is 6.71. The molecule has 1 aliphatic heterocycles. The minimum Gasteiger partial charge on any atom is -0.469 e. The Morgan fingerprint density at radius 3 is 3.00 bits per heavy atom. The zero-order valence-electron chi connectivity index (χ0n) is 16.0. The standard InChI is InChI=1S/C20H33N3O2.HI/c1-3-4-5-6-7-13-23(2)20(22-16-18-11-15-24-17-18)21-12-10-19-9-8-14-25-19;/h3,8-9,14,18H,1,4-7,10-13,15-17H2,2H3,(H,21,22);1H. The predicted octanol–water partition coefficient (Wildman–Crippen LogP) is 4.10. The third kappa shape index (κ3) is 9.07. The number of allylic oxidation sites excluding steroid dienone is 1. The van der Waals surface area contributed by atoms with Crippen molar-refractivity contribution in [1.29, 1.82) is 0 Å². The minimum absolute atomic E-state index is 0. The molecule has 1 aromatic rings. The SMILES string of the molecule is C=CCCCCCN(C)C(=NCC1CCOC1)NCCc1ccco1.I. The lowest BCUT2D eigenvalue weighted by Crippen LogP contribution is -2.40. The van der Waals surface area contributed by atoms with E-state index in [1.165, 1.54) is 19.3 Å². The Morgan fingerprint density at radius 2 is 2.31 bits per heavy atom. The number of furan rings is 1. The summed E-state index contributed by atoms with van der Waals surface area (Å²) in [6.07, 6.45) is 10.4. The molecule has 0 amide bonds. The summed E-state index contributed by atoms with van der Waals surface area (Å²) in [5.74, 6) is 2.55. The summed E-state index contributed by atoms with van der Waals surface area (Å²) in [5.41, 5.74) is 0. The van der Waals surface area contributed by atoms with Crippen molar-refractivity contribution < 1.29 is 9.15 Å². The fraction of sp³-hybridized carbons (Fsp3) is 0.650. The molecule has 1 aliphatic rings. The Balaban J connectivity index is 0.00000338. The summed E-state index contributed by atoms with van der Waals surface area (Å²) in [7, 11) is 2.12. The molecular weight excluding hydrogens is 441 g/mol. The summed E-state index contributed by atoms with van der Waals surface area (Å²) in [6.45, 7) is 8.18. The van der Waals surface area contributed by atoms with E-state index in [-0.39, 0.29) is 24.0 Å². The average Bonchev–Trinajstić information content (AvgIpc) is 3.31. The average molecular weight is 475 g/mol. The second kappa shape index (κ2) is 14.1. The molecule has 6 heteroatoms. The Hall–Kier alpha value is -1.02. The van der Waals surface area contributed by atoms with Gasteiger partial charge in [-0.3, -0.25) is 4.99 Å². The van der Waals surface area contributed by atoms with Crippen LogP contribution in [0.15, 0.2) is 40.5 Å². The van der Waals surface area contributed by atoms with Gasteiger partial charge in [0.25, 0.3) is 0 Å². The number of guanidine groups is 1. The molecule has 2 heterocycles. The molecule has 0 radical (unpaired) electrons. The normalized spacial score (nSPS) is 17.0. The van der Waals surface area contributed by atoms with Crippen molar-refractivity contribution in [2.75, 3.05) is 39.9 Å². The molecule has 0 spiro atoms. The van der Waals surface area contributed by atoms with Crippen LogP contribution in [0.1, 0.15) is 37.9 Å². The van der Waals surface area contributed by atoms with Crippen molar-refractivity contribution in [2.45, 2.75) is 38.5 Å². The minimum atomic E-state index is 0. The molecule has 0 saturated carbocycles. The lowest BCUT2D eigenvalue weighted by Gasteiger charge is -2.23. The van der Waals surface area contributed by atoms with Gasteiger partial charge in [0, 0.05) is 45.6 Å². The molecule has 1 N–H and O–H groups in total. The quantitative estimate of drug-likeness (QED) is 0.172. The van der Waals surface area contributed by atoms with Crippen molar-refractivity contribution >= 4 is 29.9 Å². The zero-order valence-corrected chi connectivity index (χ0v) is 18.3. The van der Waals surface area contributed by atoms with E-state index in [4.69, 9.17) is 14.1 Å². The van der Waals surface area contributed by atoms with Gasteiger partial charge in [-0.15, -0.1) is 30.6 Å². The van der Waals surface area contributed by atoms with Gasteiger partial charge in [0.05, 0.1) is 12.9 Å². The lowest BCUT2D eigenvalue weighted by atomic mass is 10.1. The van der Waals surface area contributed by atoms with Crippen LogP contribution in [-0.2, 0) is 11.2 Å². The number of halogens is 1. The van der Waals surface area contributed by atoms with Gasteiger partial charge in [0.1, 0.15) is 5.76 Å². The highest BCUT2D eigenvalue weighted by Crippen LogP contribution is 2.12. The van der Waals surface area contributed by atoms with Crippen molar-refractivity contribution in [3.05, 3.63) is 36.8 Å². The van der Waals surface area contributed by atoms with Gasteiger partial charge in [-0.1, -0.05) is 12.5 Å². The first-order valence-electron chi connectivity index (χ1n) is 9.50.